The molecule has 126 valence electrons. The zero-order chi connectivity index (χ0) is 16.4. The van der Waals surface area contributed by atoms with Gasteiger partial charge in [0.25, 0.3) is 0 Å². The molecule has 1 aliphatic rings. The first kappa shape index (κ1) is 16.3. The predicted octanol–water partition coefficient (Wildman–Crippen LogP) is 2.92. The fourth-order valence-electron chi connectivity index (χ4n) is 3.02. The summed E-state index contributed by atoms with van der Waals surface area (Å²) >= 11 is 0. The number of hydrogen-bond acceptors (Lipinski definition) is 5. The second-order valence-electron chi connectivity index (χ2n) is 6.16. The predicted molar refractivity (Wildman–Crippen MR) is 90.6 cm³/mol. The molecule has 0 radical (unpaired) electrons. The lowest BCUT2D eigenvalue weighted by molar-refractivity contribution is 0.335. The smallest absolute Gasteiger partial charge is 0.176 e. The largest absolute Gasteiger partial charge is 0.490 e. The van der Waals surface area contributed by atoms with Crippen molar-refractivity contribution in [1.29, 1.82) is 0 Å². The van der Waals surface area contributed by atoms with Crippen LogP contribution in [0.5, 0.6) is 5.75 Å². The number of para-hydroxylation sites is 1. The maximum Gasteiger partial charge on any atom is 0.176 e. The van der Waals surface area contributed by atoms with E-state index in [9.17, 15) is 8.42 Å². The van der Waals surface area contributed by atoms with Crippen molar-refractivity contribution in [3.63, 3.8) is 0 Å². The Morgan fingerprint density at radius 1 is 1.43 bits per heavy atom. The van der Waals surface area contributed by atoms with Crippen molar-refractivity contribution < 1.29 is 17.6 Å². The number of benzene rings is 1. The second-order valence-corrected chi connectivity index (χ2v) is 8.38. The summed E-state index contributed by atoms with van der Waals surface area (Å²) in [6, 6.07) is 7.90. The van der Waals surface area contributed by atoms with Crippen molar-refractivity contribution in [2.24, 2.45) is 5.92 Å². The van der Waals surface area contributed by atoms with Crippen molar-refractivity contribution in [3.05, 3.63) is 30.0 Å². The summed E-state index contributed by atoms with van der Waals surface area (Å²) in [6.07, 6.45) is 0.747. The Morgan fingerprint density at radius 3 is 2.96 bits per heavy atom. The molecule has 2 heterocycles. The summed E-state index contributed by atoms with van der Waals surface area (Å²) in [5, 5.41) is 4.41. The maximum absolute atomic E-state index is 11.5. The molecule has 1 saturated heterocycles. The summed E-state index contributed by atoms with van der Waals surface area (Å²) in [7, 11) is -2.82. The Balaban J connectivity index is 1.69. The van der Waals surface area contributed by atoms with Crippen molar-refractivity contribution in [2.75, 3.05) is 24.7 Å². The van der Waals surface area contributed by atoms with E-state index in [-0.39, 0.29) is 12.0 Å². The number of sulfone groups is 1. The Labute approximate surface area is 136 Å². The summed E-state index contributed by atoms with van der Waals surface area (Å²) in [4.78, 5) is 0. The topological polar surface area (TPSA) is 68.5 Å². The van der Waals surface area contributed by atoms with E-state index in [0.717, 1.165) is 28.9 Å². The molecule has 0 aliphatic carbocycles. The van der Waals surface area contributed by atoms with E-state index < -0.39 is 9.84 Å². The average Bonchev–Trinajstić information content (AvgIpc) is 3.09. The van der Waals surface area contributed by atoms with Crippen molar-refractivity contribution >= 4 is 20.8 Å². The molecule has 5 nitrogen and oxygen atoms in total. The third-order valence-electron chi connectivity index (χ3n) is 4.29. The molecule has 0 amide bonds. The van der Waals surface area contributed by atoms with Crippen LogP contribution in [0, 0.1) is 5.92 Å². The monoisotopic (exact) mass is 337 g/mol. The van der Waals surface area contributed by atoms with Crippen LogP contribution in [-0.4, -0.2) is 33.1 Å². The van der Waals surface area contributed by atoms with Gasteiger partial charge in [0.1, 0.15) is 5.76 Å². The van der Waals surface area contributed by atoms with Gasteiger partial charge in [-0.1, -0.05) is 12.1 Å². The molecule has 1 aromatic heterocycles. The van der Waals surface area contributed by atoms with Crippen LogP contribution in [-0.2, 0) is 9.84 Å². The molecule has 2 atom stereocenters. The molecule has 0 bridgehead atoms. The van der Waals surface area contributed by atoms with Gasteiger partial charge in [0.05, 0.1) is 24.2 Å². The minimum Gasteiger partial charge on any atom is -0.490 e. The molecular weight excluding hydrogens is 314 g/mol. The normalized spacial score (nSPS) is 21.6. The van der Waals surface area contributed by atoms with Crippen LogP contribution in [0.25, 0.3) is 11.0 Å². The number of ether oxygens (including phenoxy) is 1. The third-order valence-corrected chi connectivity index (χ3v) is 6.13. The van der Waals surface area contributed by atoms with Gasteiger partial charge in [0.2, 0.25) is 0 Å². The highest BCUT2D eigenvalue weighted by Gasteiger charge is 2.28. The highest BCUT2D eigenvalue weighted by Crippen LogP contribution is 2.31. The zero-order valence-electron chi connectivity index (χ0n) is 13.5. The van der Waals surface area contributed by atoms with Gasteiger partial charge in [0, 0.05) is 5.39 Å². The highest BCUT2D eigenvalue weighted by molar-refractivity contribution is 7.91. The minimum absolute atomic E-state index is 0.0279. The summed E-state index contributed by atoms with van der Waals surface area (Å²) in [5.41, 5.74) is 0.765. The first-order chi connectivity index (χ1) is 11.0. The van der Waals surface area contributed by atoms with Gasteiger partial charge in [-0.05, 0) is 44.9 Å². The second kappa shape index (κ2) is 6.53. The molecule has 0 saturated carbocycles. The molecule has 1 fully saturated rings. The number of furan rings is 1. The van der Waals surface area contributed by atoms with E-state index in [1.165, 1.54) is 0 Å². The summed E-state index contributed by atoms with van der Waals surface area (Å²) in [6.45, 7) is 5.26. The number of rotatable bonds is 6. The van der Waals surface area contributed by atoms with Crippen LogP contribution in [0.2, 0.25) is 0 Å². The van der Waals surface area contributed by atoms with E-state index in [2.05, 4.69) is 5.32 Å². The van der Waals surface area contributed by atoms with Gasteiger partial charge in [-0.15, -0.1) is 0 Å². The van der Waals surface area contributed by atoms with E-state index in [4.69, 9.17) is 9.15 Å². The van der Waals surface area contributed by atoms with Gasteiger partial charge < -0.3 is 14.5 Å². The lowest BCUT2D eigenvalue weighted by atomic mass is 10.1. The van der Waals surface area contributed by atoms with Crippen LogP contribution in [0.1, 0.15) is 32.1 Å². The van der Waals surface area contributed by atoms with Crippen LogP contribution >= 0.6 is 0 Å². The molecule has 0 unspecified atom stereocenters. The molecule has 1 aliphatic heterocycles. The highest BCUT2D eigenvalue weighted by atomic mass is 32.2. The Morgan fingerprint density at radius 2 is 2.26 bits per heavy atom. The third kappa shape index (κ3) is 3.70. The van der Waals surface area contributed by atoms with Crippen molar-refractivity contribution in [2.45, 2.75) is 26.3 Å². The summed E-state index contributed by atoms with van der Waals surface area (Å²) < 4.78 is 34.6. The fourth-order valence-corrected chi connectivity index (χ4v) is 4.88. The van der Waals surface area contributed by atoms with Crippen LogP contribution < -0.4 is 10.1 Å². The van der Waals surface area contributed by atoms with E-state index in [0.29, 0.717) is 24.7 Å². The fraction of sp³-hybridized carbons (Fsp3) is 0.529. The Bertz CT molecular complexity index is 781. The molecule has 2 aromatic rings. The van der Waals surface area contributed by atoms with Gasteiger partial charge in [-0.25, -0.2) is 8.42 Å². The van der Waals surface area contributed by atoms with Crippen molar-refractivity contribution in [1.82, 2.24) is 5.32 Å². The average molecular weight is 337 g/mol. The first-order valence-corrected chi connectivity index (χ1v) is 9.89. The SMILES string of the molecule is CCOc1cccc2cc([C@@H](C)NC[C@H]3CCS(=O)(=O)C3)oc12. The molecule has 6 heteroatoms. The maximum atomic E-state index is 11.5. The van der Waals surface area contributed by atoms with Crippen LogP contribution in [0.4, 0.5) is 0 Å². The van der Waals surface area contributed by atoms with Crippen LogP contribution in [0.15, 0.2) is 28.7 Å². The minimum atomic E-state index is -2.82. The number of fused-ring (bicyclic) bond motifs is 1. The standard InChI is InChI=1S/C17H23NO4S/c1-3-21-15-6-4-5-14-9-16(22-17(14)15)12(2)18-10-13-7-8-23(19,20)11-13/h4-6,9,12-13,18H,3,7-8,10-11H2,1-2H3/t12-,13-/m1/s1. The van der Waals surface area contributed by atoms with E-state index >= 15 is 0 Å². The molecule has 1 aromatic carbocycles. The lowest BCUT2D eigenvalue weighted by Crippen LogP contribution is -2.26. The Kier molecular flexibility index (Phi) is 4.64. The quantitative estimate of drug-likeness (QED) is 0.878. The van der Waals surface area contributed by atoms with Crippen molar-refractivity contribution in [3.8, 4) is 5.75 Å². The first-order valence-electron chi connectivity index (χ1n) is 8.07. The van der Waals surface area contributed by atoms with Gasteiger partial charge in [-0.2, -0.15) is 0 Å². The lowest BCUT2D eigenvalue weighted by Gasteiger charge is -2.14. The molecule has 1 N–H and O–H groups in total. The molecule has 23 heavy (non-hydrogen) atoms. The number of nitrogens with one attached hydrogen (secondary N) is 1. The zero-order valence-corrected chi connectivity index (χ0v) is 14.4. The van der Waals surface area contributed by atoms with Gasteiger partial charge in [0.15, 0.2) is 21.2 Å². The van der Waals surface area contributed by atoms with Gasteiger partial charge >= 0.3 is 0 Å². The summed E-state index contributed by atoms with van der Waals surface area (Å²) in [5.74, 6) is 2.40. The number of hydrogen-bond donors (Lipinski definition) is 1. The van der Waals surface area contributed by atoms with E-state index in [1.807, 2.05) is 38.1 Å². The van der Waals surface area contributed by atoms with Crippen LogP contribution in [0.3, 0.4) is 0 Å². The Hall–Kier alpha value is -1.53. The molecule has 0 spiro atoms. The molecular formula is C17H23NO4S. The van der Waals surface area contributed by atoms with Gasteiger partial charge in [-0.3, -0.25) is 0 Å². The van der Waals surface area contributed by atoms with E-state index in [1.54, 1.807) is 0 Å². The molecule has 3 rings (SSSR count).